The third-order valence-electron chi connectivity index (χ3n) is 5.62. The molecule has 1 aliphatic rings. The van der Waals surface area contributed by atoms with Crippen LogP contribution >= 0.6 is 0 Å². The highest BCUT2D eigenvalue weighted by Crippen LogP contribution is 2.36. The van der Waals surface area contributed by atoms with Crippen LogP contribution in [0.25, 0.3) is 16.8 Å². The number of amides is 1. The first-order valence-corrected chi connectivity index (χ1v) is 10.0. The molecule has 1 aliphatic carbocycles. The van der Waals surface area contributed by atoms with Crippen LogP contribution in [-0.4, -0.2) is 47.9 Å². The molecule has 1 unspecified atom stereocenters. The summed E-state index contributed by atoms with van der Waals surface area (Å²) in [5, 5.41) is 29.6. The lowest BCUT2D eigenvalue weighted by Gasteiger charge is -2.21. The number of hydrogen-bond donors (Lipinski definition) is 3. The number of carbonyl (C=O) groups is 2. The molecule has 0 radical (unpaired) electrons. The van der Waals surface area contributed by atoms with E-state index in [4.69, 9.17) is 10.8 Å². The number of aromatic nitrogens is 5. The van der Waals surface area contributed by atoms with Crippen molar-refractivity contribution in [2.24, 2.45) is 11.7 Å². The van der Waals surface area contributed by atoms with Gasteiger partial charge in [-0.1, -0.05) is 12.8 Å². The fourth-order valence-electron chi connectivity index (χ4n) is 4.18. The highest BCUT2D eigenvalue weighted by molar-refractivity contribution is 5.93. The Bertz CT molecular complexity index is 1170. The van der Waals surface area contributed by atoms with Gasteiger partial charge in [0.25, 0.3) is 5.91 Å². The number of nitrogens with one attached hydrogen (secondary N) is 1. The average molecular weight is 422 g/mol. The van der Waals surface area contributed by atoms with Crippen LogP contribution in [0, 0.1) is 17.2 Å². The zero-order valence-electron chi connectivity index (χ0n) is 16.7. The standard InChI is InChI=1S/C20H22N8O3/c21-8-7-14(12-3-1-2-4-12)27-11-13(9-24-27)18-15-5-6-16(19(22)31)28(15)26-20(25-18)23-10-17(29)30/h5-6,9,11-12,14H,1-4,7,10H2,(H2,22,31)(H,23,26)(H,29,30). The van der Waals surface area contributed by atoms with Gasteiger partial charge in [-0.05, 0) is 30.9 Å². The normalized spacial score (nSPS) is 15.1. The van der Waals surface area contributed by atoms with Gasteiger partial charge in [0.15, 0.2) is 0 Å². The zero-order valence-corrected chi connectivity index (χ0v) is 16.7. The smallest absolute Gasteiger partial charge is 0.322 e. The van der Waals surface area contributed by atoms with Crippen molar-refractivity contribution in [2.45, 2.75) is 38.1 Å². The second-order valence-corrected chi connectivity index (χ2v) is 7.59. The second-order valence-electron chi connectivity index (χ2n) is 7.59. The summed E-state index contributed by atoms with van der Waals surface area (Å²) in [6, 6.07) is 5.47. The number of nitrogens with zero attached hydrogens (tertiary/aromatic N) is 6. The zero-order chi connectivity index (χ0) is 22.0. The summed E-state index contributed by atoms with van der Waals surface area (Å²) < 4.78 is 3.16. The summed E-state index contributed by atoms with van der Waals surface area (Å²) in [5.41, 5.74) is 7.28. The van der Waals surface area contributed by atoms with Crippen LogP contribution in [0.2, 0.25) is 0 Å². The van der Waals surface area contributed by atoms with Crippen molar-refractivity contribution < 1.29 is 14.7 Å². The maximum atomic E-state index is 11.8. The number of carboxylic acids is 1. The van der Waals surface area contributed by atoms with Crippen LogP contribution < -0.4 is 11.1 Å². The van der Waals surface area contributed by atoms with Crippen molar-refractivity contribution in [2.75, 3.05) is 11.9 Å². The first kappa shape index (κ1) is 20.3. The Morgan fingerprint density at radius 2 is 2.13 bits per heavy atom. The topological polar surface area (TPSA) is 164 Å². The van der Waals surface area contributed by atoms with Crippen LogP contribution in [0.15, 0.2) is 24.5 Å². The van der Waals surface area contributed by atoms with Gasteiger partial charge in [0.1, 0.15) is 17.9 Å². The largest absolute Gasteiger partial charge is 0.480 e. The number of rotatable bonds is 8. The van der Waals surface area contributed by atoms with Crippen molar-refractivity contribution in [3.63, 3.8) is 0 Å². The summed E-state index contributed by atoms with van der Waals surface area (Å²) in [4.78, 5) is 27.2. The third-order valence-corrected chi connectivity index (χ3v) is 5.62. The monoisotopic (exact) mass is 422 g/mol. The fraction of sp³-hybridized carbons (Fsp3) is 0.400. The Balaban J connectivity index is 1.77. The van der Waals surface area contributed by atoms with Crippen molar-refractivity contribution >= 4 is 23.3 Å². The summed E-state index contributed by atoms with van der Waals surface area (Å²) in [7, 11) is 0. The highest BCUT2D eigenvalue weighted by Gasteiger charge is 2.27. The molecule has 1 saturated carbocycles. The van der Waals surface area contributed by atoms with Crippen LogP contribution in [0.5, 0.6) is 0 Å². The van der Waals surface area contributed by atoms with Gasteiger partial charge < -0.3 is 16.2 Å². The quantitative estimate of drug-likeness (QED) is 0.495. The number of primary amides is 1. The molecule has 0 aliphatic heterocycles. The van der Waals surface area contributed by atoms with Crippen molar-refractivity contribution in [3.8, 4) is 17.3 Å². The van der Waals surface area contributed by atoms with Gasteiger partial charge in [-0.25, -0.2) is 9.50 Å². The van der Waals surface area contributed by atoms with Gasteiger partial charge in [-0.2, -0.15) is 10.4 Å². The first-order chi connectivity index (χ1) is 15.0. The number of aliphatic carboxylic acids is 1. The van der Waals surface area contributed by atoms with Crippen molar-refractivity contribution in [3.05, 3.63) is 30.2 Å². The van der Waals surface area contributed by atoms with E-state index in [-0.39, 0.29) is 24.2 Å². The molecule has 4 rings (SSSR count). The fourth-order valence-corrected chi connectivity index (χ4v) is 4.18. The molecule has 160 valence electrons. The van der Waals surface area contributed by atoms with Crippen LogP contribution in [0.3, 0.4) is 0 Å². The minimum atomic E-state index is -1.07. The molecule has 0 spiro atoms. The van der Waals surface area contributed by atoms with Crippen molar-refractivity contribution in [1.29, 1.82) is 5.26 Å². The van der Waals surface area contributed by atoms with E-state index in [0.29, 0.717) is 29.1 Å². The molecular formula is C20H22N8O3. The van der Waals surface area contributed by atoms with E-state index in [1.54, 1.807) is 12.3 Å². The molecule has 3 aromatic heterocycles. The van der Waals surface area contributed by atoms with Gasteiger partial charge in [0.05, 0.1) is 30.2 Å². The Labute approximate surface area is 177 Å². The van der Waals surface area contributed by atoms with E-state index >= 15 is 0 Å². The number of nitrogens with two attached hydrogens (primary N) is 1. The van der Waals surface area contributed by atoms with Gasteiger partial charge in [0, 0.05) is 11.8 Å². The lowest BCUT2D eigenvalue weighted by Crippen LogP contribution is -2.19. The maximum absolute atomic E-state index is 11.8. The van der Waals surface area contributed by atoms with E-state index in [9.17, 15) is 14.9 Å². The molecule has 3 heterocycles. The Morgan fingerprint density at radius 3 is 2.81 bits per heavy atom. The molecule has 1 amide bonds. The summed E-state index contributed by atoms with van der Waals surface area (Å²) >= 11 is 0. The molecule has 0 saturated heterocycles. The predicted molar refractivity (Wildman–Crippen MR) is 110 cm³/mol. The van der Waals surface area contributed by atoms with E-state index in [1.165, 1.54) is 10.6 Å². The molecule has 0 aromatic carbocycles. The van der Waals surface area contributed by atoms with E-state index in [2.05, 4.69) is 26.6 Å². The van der Waals surface area contributed by atoms with Crippen molar-refractivity contribution in [1.82, 2.24) is 24.4 Å². The molecule has 4 N–H and O–H groups in total. The van der Waals surface area contributed by atoms with Crippen LogP contribution in [0.4, 0.5) is 5.95 Å². The second kappa shape index (κ2) is 8.43. The minimum Gasteiger partial charge on any atom is -0.480 e. The lowest BCUT2D eigenvalue weighted by atomic mass is 9.96. The molecule has 1 fully saturated rings. The number of anilines is 1. The third kappa shape index (κ3) is 4.05. The Hall–Kier alpha value is -3.94. The van der Waals surface area contributed by atoms with Crippen LogP contribution in [0.1, 0.15) is 48.6 Å². The predicted octanol–water partition coefficient (Wildman–Crippen LogP) is 1.83. The first-order valence-electron chi connectivity index (χ1n) is 10.0. The number of carbonyl (C=O) groups excluding carboxylic acids is 1. The molecule has 11 heteroatoms. The Kier molecular flexibility index (Phi) is 5.53. The molecular weight excluding hydrogens is 400 g/mol. The summed E-state index contributed by atoms with van der Waals surface area (Å²) in [6.07, 6.45) is 8.32. The number of carboxylic acid groups (broad SMARTS) is 1. The Morgan fingerprint density at radius 1 is 1.35 bits per heavy atom. The molecule has 0 bridgehead atoms. The maximum Gasteiger partial charge on any atom is 0.322 e. The molecule has 1 atom stereocenters. The summed E-state index contributed by atoms with van der Waals surface area (Å²) in [6.45, 7) is -0.386. The van der Waals surface area contributed by atoms with Gasteiger partial charge in [0.2, 0.25) is 5.95 Å². The van der Waals surface area contributed by atoms with E-state index in [0.717, 1.165) is 25.7 Å². The number of hydrogen-bond acceptors (Lipinski definition) is 7. The molecule has 3 aromatic rings. The minimum absolute atomic E-state index is 0.0170. The van der Waals surface area contributed by atoms with Gasteiger partial charge >= 0.3 is 5.97 Å². The average Bonchev–Trinajstić information content (AvgIpc) is 3.50. The summed E-state index contributed by atoms with van der Waals surface area (Å²) in [5.74, 6) is -1.29. The SMILES string of the molecule is N#CCC(C1CCCC1)n1cc(-c2nc(NCC(=O)O)nn3c(C(N)=O)ccc23)cn1. The van der Waals surface area contributed by atoms with Gasteiger partial charge in [-0.3, -0.25) is 14.3 Å². The van der Waals surface area contributed by atoms with Gasteiger partial charge in [-0.15, -0.1) is 5.10 Å². The van der Waals surface area contributed by atoms with E-state index in [1.807, 2.05) is 10.9 Å². The van der Waals surface area contributed by atoms with E-state index < -0.39 is 11.9 Å². The molecule has 11 nitrogen and oxygen atoms in total. The number of nitriles is 1. The van der Waals surface area contributed by atoms with Crippen LogP contribution in [-0.2, 0) is 4.79 Å². The molecule has 31 heavy (non-hydrogen) atoms. The highest BCUT2D eigenvalue weighted by atomic mass is 16.4. The number of fused-ring (bicyclic) bond motifs is 1. The lowest BCUT2D eigenvalue weighted by molar-refractivity contribution is -0.134.